The van der Waals surface area contributed by atoms with Crippen molar-refractivity contribution in [3.8, 4) is 0 Å². The first-order chi connectivity index (χ1) is 12.6. The zero-order valence-electron chi connectivity index (χ0n) is 14.9. The van der Waals surface area contributed by atoms with Crippen LogP contribution in [0.2, 0.25) is 0 Å². The number of rotatable bonds is 5. The molecule has 136 valence electrons. The van der Waals surface area contributed by atoms with Crippen molar-refractivity contribution < 1.29 is 9.18 Å². The van der Waals surface area contributed by atoms with Crippen LogP contribution in [0, 0.1) is 12.7 Å². The van der Waals surface area contributed by atoms with Gasteiger partial charge in [-0.2, -0.15) is 0 Å². The highest BCUT2D eigenvalue weighted by atomic mass is 19.1. The van der Waals surface area contributed by atoms with Gasteiger partial charge >= 0.3 is 0 Å². The molecule has 0 atom stereocenters. The second kappa shape index (κ2) is 6.67. The topological polar surface area (TPSA) is 66.9 Å². The standard InChI is InChI=1S/C20H23FN4O/c1-13-22-11-17(21)18(24-13)25-20(9-4-10-20)12-23-19(26)16-8-3-6-14-5-2-7-15(14)16/h3,6,8,11H,2,4-5,7,9-10,12H2,1H3,(H,23,26)(H,22,24,25). The molecule has 4 rings (SSSR count). The van der Waals surface area contributed by atoms with Crippen LogP contribution in [0.4, 0.5) is 10.2 Å². The first kappa shape index (κ1) is 16.9. The highest BCUT2D eigenvalue weighted by Gasteiger charge is 2.38. The normalized spacial score (nSPS) is 17.3. The lowest BCUT2D eigenvalue weighted by molar-refractivity contribution is 0.0934. The maximum absolute atomic E-state index is 14.0. The van der Waals surface area contributed by atoms with Crippen LogP contribution in [-0.2, 0) is 12.8 Å². The number of hydrogen-bond acceptors (Lipinski definition) is 4. The fourth-order valence-electron chi connectivity index (χ4n) is 3.92. The van der Waals surface area contributed by atoms with Crippen molar-refractivity contribution in [2.75, 3.05) is 11.9 Å². The Morgan fingerprint density at radius 3 is 2.88 bits per heavy atom. The van der Waals surface area contributed by atoms with Gasteiger partial charge in [0.05, 0.1) is 11.7 Å². The number of benzene rings is 1. The monoisotopic (exact) mass is 354 g/mol. The molecular formula is C20H23FN4O. The van der Waals surface area contributed by atoms with E-state index < -0.39 is 5.82 Å². The predicted molar refractivity (Wildman–Crippen MR) is 97.7 cm³/mol. The van der Waals surface area contributed by atoms with Crippen molar-refractivity contribution in [2.24, 2.45) is 0 Å². The van der Waals surface area contributed by atoms with Crippen molar-refractivity contribution in [1.29, 1.82) is 0 Å². The Morgan fingerprint density at radius 2 is 2.12 bits per heavy atom. The van der Waals surface area contributed by atoms with Crippen LogP contribution in [0.3, 0.4) is 0 Å². The molecule has 2 N–H and O–H groups in total. The Morgan fingerprint density at radius 1 is 1.27 bits per heavy atom. The molecule has 1 heterocycles. The summed E-state index contributed by atoms with van der Waals surface area (Å²) in [5.74, 6) is 0.226. The van der Waals surface area contributed by atoms with E-state index in [9.17, 15) is 9.18 Å². The molecule has 5 nitrogen and oxygen atoms in total. The van der Waals surface area contributed by atoms with E-state index in [1.807, 2.05) is 12.1 Å². The third-order valence-electron chi connectivity index (χ3n) is 5.54. The number of nitrogens with zero attached hydrogens (tertiary/aromatic N) is 2. The molecule has 0 radical (unpaired) electrons. The van der Waals surface area contributed by atoms with Crippen molar-refractivity contribution >= 4 is 11.7 Å². The van der Waals surface area contributed by atoms with Gasteiger partial charge in [0.2, 0.25) is 0 Å². The van der Waals surface area contributed by atoms with Gasteiger partial charge < -0.3 is 10.6 Å². The van der Waals surface area contributed by atoms with Crippen LogP contribution < -0.4 is 10.6 Å². The Kier molecular flexibility index (Phi) is 4.34. The molecule has 0 saturated heterocycles. The molecule has 1 aromatic heterocycles. The minimum Gasteiger partial charge on any atom is -0.360 e. The van der Waals surface area contributed by atoms with Crippen molar-refractivity contribution in [3.63, 3.8) is 0 Å². The Bertz CT molecular complexity index is 848. The van der Waals surface area contributed by atoms with Crippen LogP contribution in [0.1, 0.15) is 53.0 Å². The number of carbonyl (C=O) groups excluding carboxylic acids is 1. The predicted octanol–water partition coefficient (Wildman–Crippen LogP) is 3.18. The van der Waals surface area contributed by atoms with Gasteiger partial charge in [-0.3, -0.25) is 4.79 Å². The lowest BCUT2D eigenvalue weighted by Crippen LogP contribution is -2.54. The Balaban J connectivity index is 1.47. The molecule has 1 aromatic carbocycles. The second-order valence-corrected chi connectivity index (χ2v) is 7.35. The van der Waals surface area contributed by atoms with Crippen LogP contribution >= 0.6 is 0 Å². The van der Waals surface area contributed by atoms with Gasteiger partial charge in [-0.05, 0) is 62.6 Å². The lowest BCUT2D eigenvalue weighted by atomic mass is 9.76. The lowest BCUT2D eigenvalue weighted by Gasteiger charge is -2.43. The number of aryl methyl sites for hydroxylation is 2. The molecule has 0 spiro atoms. The van der Waals surface area contributed by atoms with Crippen molar-refractivity contribution in [2.45, 2.75) is 51.0 Å². The molecule has 1 fully saturated rings. The number of carbonyl (C=O) groups is 1. The summed E-state index contributed by atoms with van der Waals surface area (Å²) in [4.78, 5) is 20.8. The van der Waals surface area contributed by atoms with Crippen molar-refractivity contribution in [3.05, 3.63) is 52.7 Å². The summed E-state index contributed by atoms with van der Waals surface area (Å²) >= 11 is 0. The molecular weight excluding hydrogens is 331 g/mol. The number of aromatic nitrogens is 2. The highest BCUT2D eigenvalue weighted by molar-refractivity contribution is 5.96. The first-order valence-electron chi connectivity index (χ1n) is 9.23. The Labute approximate surface area is 152 Å². The van der Waals surface area contributed by atoms with E-state index in [2.05, 4.69) is 26.7 Å². The van der Waals surface area contributed by atoms with Crippen LogP contribution in [0.25, 0.3) is 0 Å². The van der Waals surface area contributed by atoms with Gasteiger partial charge in [0, 0.05) is 12.1 Å². The van der Waals surface area contributed by atoms with E-state index in [4.69, 9.17) is 0 Å². The quantitative estimate of drug-likeness (QED) is 0.865. The van der Waals surface area contributed by atoms with E-state index >= 15 is 0 Å². The molecule has 0 unspecified atom stereocenters. The van der Waals surface area contributed by atoms with Gasteiger partial charge in [-0.25, -0.2) is 14.4 Å². The van der Waals surface area contributed by atoms with Gasteiger partial charge in [0.25, 0.3) is 5.91 Å². The largest absolute Gasteiger partial charge is 0.360 e. The van der Waals surface area contributed by atoms with E-state index in [1.54, 1.807) is 6.92 Å². The third-order valence-corrected chi connectivity index (χ3v) is 5.54. The smallest absolute Gasteiger partial charge is 0.251 e. The van der Waals surface area contributed by atoms with E-state index in [-0.39, 0.29) is 17.3 Å². The van der Waals surface area contributed by atoms with Gasteiger partial charge in [0.15, 0.2) is 11.6 Å². The van der Waals surface area contributed by atoms with E-state index in [0.717, 1.165) is 44.1 Å². The molecule has 2 aromatic rings. The molecule has 1 amide bonds. The summed E-state index contributed by atoms with van der Waals surface area (Å²) in [5, 5.41) is 6.28. The molecule has 0 bridgehead atoms. The van der Waals surface area contributed by atoms with Gasteiger partial charge in [-0.1, -0.05) is 12.1 Å². The SMILES string of the molecule is Cc1ncc(F)c(NC2(CNC(=O)c3cccc4c3CCC4)CCC2)n1. The average Bonchev–Trinajstić information content (AvgIpc) is 3.08. The van der Waals surface area contributed by atoms with E-state index in [0.29, 0.717) is 12.4 Å². The minimum absolute atomic E-state index is 0.0452. The number of fused-ring (bicyclic) bond motifs is 1. The van der Waals surface area contributed by atoms with Gasteiger partial charge in [0.1, 0.15) is 5.82 Å². The Hall–Kier alpha value is -2.50. The molecule has 6 heteroatoms. The summed E-state index contributed by atoms with van der Waals surface area (Å²) in [5.41, 5.74) is 2.90. The summed E-state index contributed by atoms with van der Waals surface area (Å²) in [6.07, 6.45) is 7.11. The van der Waals surface area contributed by atoms with Crippen molar-refractivity contribution in [1.82, 2.24) is 15.3 Å². The molecule has 26 heavy (non-hydrogen) atoms. The maximum Gasteiger partial charge on any atom is 0.251 e. The number of anilines is 1. The summed E-state index contributed by atoms with van der Waals surface area (Å²) in [6.45, 7) is 2.19. The molecule has 1 saturated carbocycles. The minimum atomic E-state index is -0.464. The van der Waals surface area contributed by atoms with Gasteiger partial charge in [-0.15, -0.1) is 0 Å². The zero-order chi connectivity index (χ0) is 18.1. The number of hydrogen-bond donors (Lipinski definition) is 2. The average molecular weight is 354 g/mol. The number of halogens is 1. The molecule has 2 aliphatic carbocycles. The number of nitrogens with one attached hydrogen (secondary N) is 2. The van der Waals surface area contributed by atoms with E-state index in [1.165, 1.54) is 17.3 Å². The summed E-state index contributed by atoms with van der Waals surface area (Å²) in [7, 11) is 0. The van der Waals surface area contributed by atoms with Crippen LogP contribution in [0.15, 0.2) is 24.4 Å². The maximum atomic E-state index is 14.0. The molecule has 2 aliphatic rings. The zero-order valence-corrected chi connectivity index (χ0v) is 14.9. The second-order valence-electron chi connectivity index (χ2n) is 7.35. The summed E-state index contributed by atoms with van der Waals surface area (Å²) in [6, 6.07) is 5.96. The third kappa shape index (κ3) is 3.16. The number of amides is 1. The van der Waals surface area contributed by atoms with Crippen LogP contribution in [0.5, 0.6) is 0 Å². The summed E-state index contributed by atoms with van der Waals surface area (Å²) < 4.78 is 14.0. The fourth-order valence-corrected chi connectivity index (χ4v) is 3.92. The molecule has 0 aliphatic heterocycles. The van der Waals surface area contributed by atoms with Crippen LogP contribution in [-0.4, -0.2) is 28.0 Å². The first-order valence-corrected chi connectivity index (χ1v) is 9.23. The fraction of sp³-hybridized carbons (Fsp3) is 0.450. The highest BCUT2D eigenvalue weighted by Crippen LogP contribution is 2.35.